The summed E-state index contributed by atoms with van der Waals surface area (Å²) < 4.78 is 19.6. The van der Waals surface area contributed by atoms with Gasteiger partial charge >= 0.3 is 5.97 Å². The number of nitrogens with one attached hydrogen (secondary N) is 1. The molecule has 130 valence electrons. The normalized spacial score (nSPS) is 10.8. The lowest BCUT2D eigenvalue weighted by Crippen LogP contribution is -2.26. The second-order valence-corrected chi connectivity index (χ2v) is 6.30. The Labute approximate surface area is 143 Å². The summed E-state index contributed by atoms with van der Waals surface area (Å²) in [5.74, 6) is 0.920. The Balaban J connectivity index is 1.75. The average molecular weight is 353 g/mol. The number of aromatic nitrogens is 2. The van der Waals surface area contributed by atoms with Crippen molar-refractivity contribution in [3.8, 4) is 0 Å². The first-order chi connectivity index (χ1) is 11.5. The van der Waals surface area contributed by atoms with Crippen LogP contribution in [-0.4, -0.2) is 46.6 Å². The first-order valence-electron chi connectivity index (χ1n) is 7.53. The van der Waals surface area contributed by atoms with Crippen LogP contribution in [0.25, 0.3) is 11.0 Å². The highest BCUT2D eigenvalue weighted by Crippen LogP contribution is 2.16. The van der Waals surface area contributed by atoms with Crippen LogP contribution in [0.5, 0.6) is 0 Å². The lowest BCUT2D eigenvalue weighted by Gasteiger charge is -2.05. The third-order valence-corrected chi connectivity index (χ3v) is 4.46. The number of hydrogen-bond donors (Lipinski definition) is 1. The molecular weight excluding hydrogens is 333 g/mol. The number of rotatable bonds is 8. The Hall–Kier alpha value is -2.09. The van der Waals surface area contributed by atoms with Gasteiger partial charge in [0.25, 0.3) is 0 Å². The molecule has 24 heavy (non-hydrogen) atoms. The number of carbonyl (C=O) groups is 2. The summed E-state index contributed by atoms with van der Waals surface area (Å²) in [5, 5.41) is 2.82. The van der Waals surface area contributed by atoms with Crippen molar-refractivity contribution < 1.29 is 18.7 Å². The largest absolute Gasteiger partial charge is 0.468 e. The predicted octanol–water partition coefficient (Wildman–Crippen LogP) is 1.67. The molecule has 6 nitrogen and oxygen atoms in total. The predicted molar refractivity (Wildman–Crippen MR) is 91.3 cm³/mol. The maximum Gasteiger partial charge on any atom is 0.315 e. The number of nitrogens with zero attached hydrogens (tertiary/aromatic N) is 2. The van der Waals surface area contributed by atoms with Gasteiger partial charge in [0.15, 0.2) is 0 Å². The molecule has 0 radical (unpaired) electrons. The number of amides is 1. The fourth-order valence-electron chi connectivity index (χ4n) is 2.23. The van der Waals surface area contributed by atoms with Crippen LogP contribution in [0.2, 0.25) is 0 Å². The number of benzene rings is 1. The summed E-state index contributed by atoms with van der Waals surface area (Å²) in [6, 6.07) is 4.50. The van der Waals surface area contributed by atoms with Crippen molar-refractivity contribution in [2.75, 3.05) is 25.2 Å². The molecular formula is C16H20FN3O3S. The first-order valence-corrected chi connectivity index (χ1v) is 8.69. The van der Waals surface area contributed by atoms with Crippen LogP contribution < -0.4 is 5.32 Å². The Morgan fingerprint density at radius 3 is 2.96 bits per heavy atom. The topological polar surface area (TPSA) is 73.2 Å². The van der Waals surface area contributed by atoms with Gasteiger partial charge in [-0.2, -0.15) is 0 Å². The van der Waals surface area contributed by atoms with E-state index in [-0.39, 0.29) is 23.4 Å². The van der Waals surface area contributed by atoms with Crippen LogP contribution in [0.4, 0.5) is 4.39 Å². The molecule has 0 saturated carbocycles. The molecule has 0 spiro atoms. The van der Waals surface area contributed by atoms with Gasteiger partial charge in [0.1, 0.15) is 11.6 Å². The van der Waals surface area contributed by atoms with Crippen molar-refractivity contribution in [3.63, 3.8) is 0 Å². The van der Waals surface area contributed by atoms with Gasteiger partial charge in [-0.25, -0.2) is 9.37 Å². The number of ether oxygens (including phenoxy) is 1. The number of carbonyl (C=O) groups excluding carboxylic acids is 2. The molecule has 0 aliphatic carbocycles. The zero-order chi connectivity index (χ0) is 17.5. The van der Waals surface area contributed by atoms with Gasteiger partial charge in [0, 0.05) is 38.3 Å². The zero-order valence-electron chi connectivity index (χ0n) is 13.7. The van der Waals surface area contributed by atoms with Gasteiger partial charge in [0.2, 0.25) is 5.91 Å². The van der Waals surface area contributed by atoms with E-state index in [0.717, 1.165) is 11.3 Å². The van der Waals surface area contributed by atoms with Crippen LogP contribution in [0.1, 0.15) is 12.2 Å². The highest BCUT2D eigenvalue weighted by atomic mass is 32.2. The molecule has 1 heterocycles. The average Bonchev–Trinajstić information content (AvgIpc) is 2.86. The number of esters is 1. The molecule has 0 saturated heterocycles. The van der Waals surface area contributed by atoms with E-state index in [1.54, 1.807) is 6.07 Å². The van der Waals surface area contributed by atoms with Crippen LogP contribution in [0, 0.1) is 5.82 Å². The molecule has 1 aromatic carbocycles. The minimum Gasteiger partial charge on any atom is -0.468 e. The quantitative estimate of drug-likeness (QED) is 0.577. The smallest absolute Gasteiger partial charge is 0.315 e. The molecule has 2 rings (SSSR count). The third kappa shape index (κ3) is 4.95. The van der Waals surface area contributed by atoms with Gasteiger partial charge in [-0.15, -0.1) is 11.8 Å². The summed E-state index contributed by atoms with van der Waals surface area (Å²) in [6.07, 6.45) is 0.906. The van der Waals surface area contributed by atoms with E-state index in [1.807, 2.05) is 11.6 Å². The first kappa shape index (κ1) is 18.3. The Bertz CT molecular complexity index is 733. The van der Waals surface area contributed by atoms with Crippen LogP contribution in [-0.2, 0) is 27.8 Å². The second-order valence-electron chi connectivity index (χ2n) is 5.20. The van der Waals surface area contributed by atoms with E-state index >= 15 is 0 Å². The van der Waals surface area contributed by atoms with E-state index in [1.165, 1.54) is 31.0 Å². The van der Waals surface area contributed by atoms with Crippen LogP contribution in [0.3, 0.4) is 0 Å². The molecule has 1 aromatic heterocycles. The number of hydrogen-bond acceptors (Lipinski definition) is 5. The number of thioether (sulfide) groups is 1. The molecule has 0 aliphatic heterocycles. The Kier molecular flexibility index (Phi) is 6.60. The molecule has 0 bridgehead atoms. The SMILES string of the molecule is COC(=O)CSCCC(=O)NCCc1nc2cc(F)ccc2n1C. The number of methoxy groups -OCH3 is 1. The van der Waals surface area contributed by atoms with Crippen molar-refractivity contribution >= 4 is 34.7 Å². The minimum atomic E-state index is -0.315. The Morgan fingerprint density at radius 2 is 2.21 bits per heavy atom. The lowest BCUT2D eigenvalue weighted by molar-refractivity contribution is -0.137. The highest BCUT2D eigenvalue weighted by Gasteiger charge is 2.09. The van der Waals surface area contributed by atoms with Gasteiger partial charge < -0.3 is 14.6 Å². The molecule has 1 amide bonds. The molecule has 0 aliphatic rings. The zero-order valence-corrected chi connectivity index (χ0v) is 14.5. The standard InChI is InChI=1S/C16H20FN3O3S/c1-20-13-4-3-11(17)9-12(13)19-14(20)5-7-18-15(21)6-8-24-10-16(22)23-2/h3-4,9H,5-8,10H2,1-2H3,(H,18,21). The molecule has 1 N–H and O–H groups in total. The van der Waals surface area contributed by atoms with E-state index in [4.69, 9.17) is 0 Å². The summed E-state index contributed by atoms with van der Waals surface area (Å²) in [7, 11) is 3.21. The van der Waals surface area contributed by atoms with Gasteiger partial charge in [-0.05, 0) is 12.1 Å². The van der Waals surface area contributed by atoms with E-state index in [0.29, 0.717) is 30.7 Å². The molecule has 8 heteroatoms. The van der Waals surface area contributed by atoms with Gasteiger partial charge in [-0.3, -0.25) is 9.59 Å². The van der Waals surface area contributed by atoms with Crippen molar-refractivity contribution in [3.05, 3.63) is 29.8 Å². The van der Waals surface area contributed by atoms with E-state index in [2.05, 4.69) is 15.0 Å². The fourth-order valence-corrected chi connectivity index (χ4v) is 2.99. The minimum absolute atomic E-state index is 0.0721. The Morgan fingerprint density at radius 1 is 1.42 bits per heavy atom. The van der Waals surface area contributed by atoms with Crippen LogP contribution >= 0.6 is 11.8 Å². The number of imidazole rings is 1. The monoisotopic (exact) mass is 353 g/mol. The summed E-state index contributed by atoms with van der Waals surface area (Å²) in [5.41, 5.74) is 1.47. The number of fused-ring (bicyclic) bond motifs is 1. The summed E-state index contributed by atoms with van der Waals surface area (Å²) >= 11 is 1.36. The molecule has 2 aromatic rings. The van der Waals surface area contributed by atoms with Gasteiger partial charge in [-0.1, -0.05) is 0 Å². The second kappa shape index (κ2) is 8.68. The summed E-state index contributed by atoms with van der Waals surface area (Å²) in [4.78, 5) is 27.1. The molecule has 0 unspecified atom stereocenters. The number of halogens is 1. The van der Waals surface area contributed by atoms with Crippen molar-refractivity contribution in [1.82, 2.24) is 14.9 Å². The third-order valence-electron chi connectivity index (χ3n) is 3.53. The lowest BCUT2D eigenvalue weighted by atomic mass is 10.3. The maximum absolute atomic E-state index is 13.2. The number of aryl methyl sites for hydroxylation is 1. The highest BCUT2D eigenvalue weighted by molar-refractivity contribution is 7.99. The van der Waals surface area contributed by atoms with Crippen molar-refractivity contribution in [2.45, 2.75) is 12.8 Å². The van der Waals surface area contributed by atoms with Crippen LogP contribution in [0.15, 0.2) is 18.2 Å². The van der Waals surface area contributed by atoms with Gasteiger partial charge in [0.05, 0.1) is 23.9 Å². The fraction of sp³-hybridized carbons (Fsp3) is 0.438. The summed E-state index contributed by atoms with van der Waals surface area (Å²) in [6.45, 7) is 0.458. The molecule has 0 atom stereocenters. The van der Waals surface area contributed by atoms with E-state index < -0.39 is 0 Å². The van der Waals surface area contributed by atoms with Crippen molar-refractivity contribution in [2.24, 2.45) is 7.05 Å². The van der Waals surface area contributed by atoms with E-state index in [9.17, 15) is 14.0 Å². The van der Waals surface area contributed by atoms with Crippen molar-refractivity contribution in [1.29, 1.82) is 0 Å². The maximum atomic E-state index is 13.2. The molecule has 0 fully saturated rings.